The second-order valence-electron chi connectivity index (χ2n) is 5.34. The maximum absolute atomic E-state index is 12.0. The van der Waals surface area contributed by atoms with Crippen LogP contribution >= 0.6 is 0 Å². The van der Waals surface area contributed by atoms with E-state index in [1.807, 2.05) is 12.1 Å². The normalized spacial score (nSPS) is 13.9. The lowest BCUT2D eigenvalue weighted by molar-refractivity contribution is -0.116. The Hall–Kier alpha value is -2.32. The molecule has 0 atom stereocenters. The van der Waals surface area contributed by atoms with Gasteiger partial charge >= 0.3 is 0 Å². The lowest BCUT2D eigenvalue weighted by atomic mass is 10.1. The van der Waals surface area contributed by atoms with Crippen LogP contribution in [-0.2, 0) is 27.8 Å². The molecule has 2 aromatic rings. The number of nitrogens with two attached hydrogens (primary N) is 1. The van der Waals surface area contributed by atoms with Gasteiger partial charge < -0.3 is 9.73 Å². The van der Waals surface area contributed by atoms with Gasteiger partial charge in [-0.2, -0.15) is 8.42 Å². The standard InChI is InChI=1S/C15H17N3O4S/c16-23(20,21)18-8-7-11-3-4-12(10-14(11)18)17-15(19)6-5-13-2-1-9-22-13/h1-4,9-10H,5-8H2,(H,17,19)(H2,16,20,21). The summed E-state index contributed by atoms with van der Waals surface area (Å²) in [5.74, 6) is 0.580. The lowest BCUT2D eigenvalue weighted by Crippen LogP contribution is -2.35. The Labute approximate surface area is 134 Å². The molecule has 0 saturated carbocycles. The number of nitrogens with one attached hydrogen (secondary N) is 1. The van der Waals surface area contributed by atoms with Gasteiger partial charge in [-0.05, 0) is 36.2 Å². The molecule has 1 amide bonds. The fraction of sp³-hybridized carbons (Fsp3) is 0.267. The number of hydrogen-bond acceptors (Lipinski definition) is 4. The Morgan fingerprint density at radius 2 is 2.17 bits per heavy atom. The summed E-state index contributed by atoms with van der Waals surface area (Å²) < 4.78 is 29.5. The van der Waals surface area contributed by atoms with E-state index < -0.39 is 10.2 Å². The minimum Gasteiger partial charge on any atom is -0.469 e. The number of rotatable bonds is 5. The average molecular weight is 335 g/mol. The van der Waals surface area contributed by atoms with Crippen LogP contribution in [0.4, 0.5) is 11.4 Å². The molecule has 0 unspecified atom stereocenters. The van der Waals surface area contributed by atoms with Crippen molar-refractivity contribution in [3.05, 3.63) is 47.9 Å². The molecular weight excluding hydrogens is 318 g/mol. The number of hydrogen-bond donors (Lipinski definition) is 2. The van der Waals surface area contributed by atoms with Gasteiger partial charge in [0.15, 0.2) is 0 Å². The number of anilines is 2. The van der Waals surface area contributed by atoms with Crippen molar-refractivity contribution >= 4 is 27.5 Å². The van der Waals surface area contributed by atoms with Gasteiger partial charge in [-0.1, -0.05) is 6.07 Å². The molecule has 3 rings (SSSR count). The quantitative estimate of drug-likeness (QED) is 0.862. The Kier molecular flexibility index (Phi) is 4.10. The zero-order chi connectivity index (χ0) is 16.4. The van der Waals surface area contributed by atoms with E-state index >= 15 is 0 Å². The molecule has 3 N–H and O–H groups in total. The van der Waals surface area contributed by atoms with E-state index in [-0.39, 0.29) is 12.3 Å². The molecule has 1 aliphatic heterocycles. The monoisotopic (exact) mass is 335 g/mol. The van der Waals surface area contributed by atoms with E-state index in [0.717, 1.165) is 15.6 Å². The fourth-order valence-electron chi connectivity index (χ4n) is 2.61. The van der Waals surface area contributed by atoms with E-state index in [4.69, 9.17) is 9.56 Å². The summed E-state index contributed by atoms with van der Waals surface area (Å²) in [6.07, 6.45) is 2.96. The maximum Gasteiger partial charge on any atom is 0.299 e. The highest BCUT2D eigenvalue weighted by atomic mass is 32.2. The SMILES string of the molecule is NS(=O)(=O)N1CCc2ccc(NC(=O)CCc3ccco3)cc21. The third-order valence-corrected chi connectivity index (χ3v) is 4.70. The number of carbonyl (C=O) groups is 1. The van der Waals surface area contributed by atoms with Crippen LogP contribution in [0, 0.1) is 0 Å². The van der Waals surface area contributed by atoms with Crippen LogP contribution in [0.1, 0.15) is 17.7 Å². The molecule has 1 aromatic heterocycles. The van der Waals surface area contributed by atoms with Gasteiger partial charge in [0.25, 0.3) is 10.2 Å². The van der Waals surface area contributed by atoms with Crippen LogP contribution < -0.4 is 14.8 Å². The molecule has 122 valence electrons. The van der Waals surface area contributed by atoms with Crippen molar-refractivity contribution < 1.29 is 17.6 Å². The first kappa shape index (κ1) is 15.6. The summed E-state index contributed by atoms with van der Waals surface area (Å²) in [7, 11) is -3.79. The number of furan rings is 1. The third kappa shape index (κ3) is 3.54. The summed E-state index contributed by atoms with van der Waals surface area (Å²) in [6, 6.07) is 8.79. The highest BCUT2D eigenvalue weighted by molar-refractivity contribution is 7.90. The van der Waals surface area contributed by atoms with Crippen molar-refractivity contribution in [2.45, 2.75) is 19.3 Å². The number of amides is 1. The van der Waals surface area contributed by atoms with Crippen LogP contribution in [0.3, 0.4) is 0 Å². The van der Waals surface area contributed by atoms with Crippen molar-refractivity contribution in [1.82, 2.24) is 0 Å². The Bertz CT molecular complexity index is 815. The molecule has 0 spiro atoms. The van der Waals surface area contributed by atoms with Gasteiger partial charge in [-0.25, -0.2) is 5.14 Å². The van der Waals surface area contributed by atoms with Crippen LogP contribution in [-0.4, -0.2) is 20.9 Å². The van der Waals surface area contributed by atoms with Crippen molar-refractivity contribution in [2.75, 3.05) is 16.2 Å². The number of carbonyl (C=O) groups excluding carboxylic acids is 1. The topological polar surface area (TPSA) is 106 Å². The van der Waals surface area contributed by atoms with E-state index in [9.17, 15) is 13.2 Å². The zero-order valence-electron chi connectivity index (χ0n) is 12.4. The molecular formula is C15H17N3O4S. The van der Waals surface area contributed by atoms with Gasteiger partial charge in [0.1, 0.15) is 5.76 Å². The largest absolute Gasteiger partial charge is 0.469 e. The first-order chi connectivity index (χ1) is 10.9. The van der Waals surface area contributed by atoms with Crippen molar-refractivity contribution in [3.63, 3.8) is 0 Å². The van der Waals surface area contributed by atoms with Gasteiger partial charge in [-0.15, -0.1) is 0 Å². The summed E-state index contributed by atoms with van der Waals surface area (Å²) >= 11 is 0. The molecule has 0 radical (unpaired) electrons. The van der Waals surface area contributed by atoms with Crippen molar-refractivity contribution in [3.8, 4) is 0 Å². The number of nitrogens with zero attached hydrogens (tertiary/aromatic N) is 1. The summed E-state index contributed by atoms with van der Waals surface area (Å²) in [6.45, 7) is 0.323. The lowest BCUT2D eigenvalue weighted by Gasteiger charge is -2.16. The van der Waals surface area contributed by atoms with Crippen LogP contribution in [0.25, 0.3) is 0 Å². The van der Waals surface area contributed by atoms with Crippen LogP contribution in [0.15, 0.2) is 41.0 Å². The Morgan fingerprint density at radius 3 is 2.87 bits per heavy atom. The fourth-order valence-corrected chi connectivity index (χ4v) is 3.40. The first-order valence-electron chi connectivity index (χ1n) is 7.19. The molecule has 7 nitrogen and oxygen atoms in total. The molecule has 0 fully saturated rings. The average Bonchev–Trinajstić information content (AvgIpc) is 3.13. The summed E-state index contributed by atoms with van der Waals surface area (Å²) in [5.41, 5.74) is 1.97. The highest BCUT2D eigenvalue weighted by Gasteiger charge is 2.26. The Morgan fingerprint density at radius 1 is 1.35 bits per heavy atom. The minimum absolute atomic E-state index is 0.165. The highest BCUT2D eigenvalue weighted by Crippen LogP contribution is 2.32. The molecule has 1 aliphatic rings. The maximum atomic E-state index is 12.0. The molecule has 0 bridgehead atoms. The van der Waals surface area contributed by atoms with E-state index in [1.54, 1.807) is 24.5 Å². The van der Waals surface area contributed by atoms with Gasteiger partial charge in [-0.3, -0.25) is 9.10 Å². The van der Waals surface area contributed by atoms with Gasteiger partial charge in [0, 0.05) is 25.1 Å². The molecule has 2 heterocycles. The molecule has 8 heteroatoms. The zero-order valence-corrected chi connectivity index (χ0v) is 13.2. The summed E-state index contributed by atoms with van der Waals surface area (Å²) in [5, 5.41) is 7.97. The van der Waals surface area contributed by atoms with E-state index in [1.165, 1.54) is 0 Å². The van der Waals surface area contributed by atoms with Crippen LogP contribution in [0.5, 0.6) is 0 Å². The molecule has 0 saturated heterocycles. The minimum atomic E-state index is -3.79. The van der Waals surface area contributed by atoms with E-state index in [2.05, 4.69) is 5.32 Å². The summed E-state index contributed by atoms with van der Waals surface area (Å²) in [4.78, 5) is 12.0. The molecule has 23 heavy (non-hydrogen) atoms. The van der Waals surface area contributed by atoms with Crippen molar-refractivity contribution in [1.29, 1.82) is 0 Å². The predicted octanol–water partition coefficient (Wildman–Crippen LogP) is 1.42. The van der Waals surface area contributed by atoms with Crippen LogP contribution in [0.2, 0.25) is 0 Å². The smallest absolute Gasteiger partial charge is 0.299 e. The first-order valence-corrected chi connectivity index (χ1v) is 8.69. The second kappa shape index (κ2) is 6.05. The molecule has 1 aromatic carbocycles. The second-order valence-corrected chi connectivity index (χ2v) is 6.81. The number of fused-ring (bicyclic) bond motifs is 1. The van der Waals surface area contributed by atoms with Crippen molar-refractivity contribution in [2.24, 2.45) is 5.14 Å². The Balaban J connectivity index is 1.68. The number of aryl methyl sites for hydroxylation is 1. The molecule has 0 aliphatic carbocycles. The number of benzene rings is 1. The predicted molar refractivity (Wildman–Crippen MR) is 86.3 cm³/mol. The van der Waals surface area contributed by atoms with E-state index in [0.29, 0.717) is 30.8 Å². The third-order valence-electron chi connectivity index (χ3n) is 3.71. The van der Waals surface area contributed by atoms with Gasteiger partial charge in [0.05, 0.1) is 12.0 Å². The van der Waals surface area contributed by atoms with Gasteiger partial charge in [0.2, 0.25) is 5.91 Å².